The normalized spacial score (nSPS) is 11.6. The quantitative estimate of drug-likeness (QED) is 0.497. The van der Waals surface area contributed by atoms with E-state index in [1.807, 2.05) is 52.0 Å². The molecule has 1 heterocycles. The van der Waals surface area contributed by atoms with Crippen LogP contribution in [0, 0.1) is 25.5 Å². The lowest BCUT2D eigenvalue weighted by Crippen LogP contribution is -2.26. The Balaban J connectivity index is 2.05. The number of aromatic nitrogens is 2. The fraction of sp³-hybridized carbons (Fsp3) is 0.273. The number of hydrogen-bond acceptors (Lipinski definition) is 4. The molecular weight excluding hydrogens is 394 g/mol. The summed E-state index contributed by atoms with van der Waals surface area (Å²) in [6, 6.07) is 11.1. The summed E-state index contributed by atoms with van der Waals surface area (Å²) in [5.41, 5.74) is 0.541. The molecule has 0 atom stereocenters. The second-order valence-electron chi connectivity index (χ2n) is 7.70. The molecule has 3 rings (SSSR count). The average Bonchev–Trinajstić information content (AvgIpc) is 2.93. The molecule has 0 amide bonds. The topological polar surface area (TPSA) is 44.1 Å². The molecule has 0 fully saturated rings. The number of esters is 1. The zero-order chi connectivity index (χ0) is 21.3. The number of aryl methyl sites for hydroxylation is 2. The fourth-order valence-electron chi connectivity index (χ4n) is 2.71. The first-order chi connectivity index (χ1) is 13.6. The minimum absolute atomic E-state index is 0.160. The van der Waals surface area contributed by atoms with Crippen LogP contribution in [0.1, 0.15) is 42.4 Å². The van der Waals surface area contributed by atoms with Crippen LogP contribution in [0.15, 0.2) is 52.3 Å². The van der Waals surface area contributed by atoms with E-state index in [1.54, 1.807) is 11.6 Å². The zero-order valence-corrected chi connectivity index (χ0v) is 17.7. The lowest BCUT2D eigenvalue weighted by molar-refractivity contribution is 0.0693. The van der Waals surface area contributed by atoms with Crippen molar-refractivity contribution in [3.63, 3.8) is 0 Å². The first kappa shape index (κ1) is 21.0. The number of hydrogen-bond donors (Lipinski definition) is 0. The van der Waals surface area contributed by atoms with Crippen LogP contribution in [0.4, 0.5) is 8.78 Å². The summed E-state index contributed by atoms with van der Waals surface area (Å²) in [6.07, 6.45) is 0. The molecule has 2 aromatic carbocycles. The Hall–Kier alpha value is -2.67. The maximum atomic E-state index is 14.1. The summed E-state index contributed by atoms with van der Waals surface area (Å²) in [7, 11) is 0. The first-order valence-corrected chi connectivity index (χ1v) is 9.90. The largest absolute Gasteiger partial charge is 0.403 e. The van der Waals surface area contributed by atoms with E-state index in [0.29, 0.717) is 10.6 Å². The van der Waals surface area contributed by atoms with Gasteiger partial charge in [-0.05, 0) is 58.9 Å². The van der Waals surface area contributed by atoms with Gasteiger partial charge in [-0.15, -0.1) is 0 Å². The van der Waals surface area contributed by atoms with Crippen LogP contribution in [0.25, 0.3) is 0 Å². The van der Waals surface area contributed by atoms with Crippen molar-refractivity contribution in [3.8, 4) is 5.88 Å². The van der Waals surface area contributed by atoms with Gasteiger partial charge >= 0.3 is 5.97 Å². The van der Waals surface area contributed by atoms with Crippen LogP contribution in [-0.4, -0.2) is 15.7 Å². The van der Waals surface area contributed by atoms with E-state index in [-0.39, 0.29) is 5.88 Å². The molecule has 0 spiro atoms. The molecule has 0 bridgehead atoms. The number of carbonyl (C=O) groups is 1. The molecule has 3 aromatic rings. The van der Waals surface area contributed by atoms with Gasteiger partial charge in [-0.3, -0.25) is 0 Å². The lowest BCUT2D eigenvalue weighted by Gasteiger charge is -2.22. The van der Waals surface area contributed by atoms with Gasteiger partial charge in [-0.25, -0.2) is 18.3 Å². The third-order valence-electron chi connectivity index (χ3n) is 4.20. The summed E-state index contributed by atoms with van der Waals surface area (Å²) in [4.78, 5) is 14.2. The van der Waals surface area contributed by atoms with Crippen LogP contribution in [0.5, 0.6) is 5.88 Å². The second-order valence-corrected chi connectivity index (χ2v) is 8.79. The minimum atomic E-state index is -1.10. The van der Waals surface area contributed by atoms with E-state index < -0.39 is 28.7 Å². The van der Waals surface area contributed by atoms with Crippen LogP contribution in [0.3, 0.4) is 0 Å². The van der Waals surface area contributed by atoms with Gasteiger partial charge in [0.25, 0.3) is 0 Å². The summed E-state index contributed by atoms with van der Waals surface area (Å²) in [6.45, 7) is 9.51. The van der Waals surface area contributed by atoms with Crippen molar-refractivity contribution < 1.29 is 18.3 Å². The Morgan fingerprint density at radius 3 is 2.17 bits per heavy atom. The highest BCUT2D eigenvalue weighted by atomic mass is 32.2. The molecule has 1 aromatic heterocycles. The third kappa shape index (κ3) is 4.50. The second kappa shape index (κ2) is 7.99. The maximum Gasteiger partial charge on any atom is 0.350 e. The number of carbonyl (C=O) groups excluding carboxylic acids is 1. The van der Waals surface area contributed by atoms with Crippen LogP contribution in [-0.2, 0) is 5.54 Å². The predicted molar refractivity (Wildman–Crippen MR) is 109 cm³/mol. The summed E-state index contributed by atoms with van der Waals surface area (Å²) in [5, 5.41) is 4.52. The van der Waals surface area contributed by atoms with Crippen molar-refractivity contribution >= 4 is 17.7 Å². The van der Waals surface area contributed by atoms with Crippen molar-refractivity contribution in [2.75, 3.05) is 0 Å². The van der Waals surface area contributed by atoms with E-state index in [1.165, 1.54) is 17.8 Å². The molecule has 7 heteroatoms. The van der Waals surface area contributed by atoms with Crippen molar-refractivity contribution in [1.82, 2.24) is 9.78 Å². The van der Waals surface area contributed by atoms with Crippen molar-refractivity contribution in [2.24, 2.45) is 0 Å². The van der Waals surface area contributed by atoms with Crippen LogP contribution in [0.2, 0.25) is 0 Å². The highest BCUT2D eigenvalue weighted by molar-refractivity contribution is 7.99. The highest BCUT2D eigenvalue weighted by Crippen LogP contribution is 2.40. The van der Waals surface area contributed by atoms with Gasteiger partial charge in [0.1, 0.15) is 17.2 Å². The van der Waals surface area contributed by atoms with E-state index in [0.717, 1.165) is 22.6 Å². The molecule has 0 saturated carbocycles. The van der Waals surface area contributed by atoms with Crippen LogP contribution < -0.4 is 4.74 Å². The van der Waals surface area contributed by atoms with Crippen molar-refractivity contribution in [1.29, 1.82) is 0 Å². The molecule has 4 nitrogen and oxygen atoms in total. The molecule has 0 aliphatic rings. The van der Waals surface area contributed by atoms with Gasteiger partial charge in [0.05, 0.1) is 16.1 Å². The van der Waals surface area contributed by atoms with E-state index in [9.17, 15) is 13.6 Å². The van der Waals surface area contributed by atoms with E-state index in [4.69, 9.17) is 4.74 Å². The monoisotopic (exact) mass is 416 g/mol. The Morgan fingerprint density at radius 2 is 1.62 bits per heavy atom. The number of benzene rings is 2. The Labute approximate surface area is 172 Å². The molecule has 0 unspecified atom stereocenters. The Morgan fingerprint density at radius 1 is 1.03 bits per heavy atom. The highest BCUT2D eigenvalue weighted by Gasteiger charge is 2.29. The molecule has 0 N–H and O–H groups in total. The van der Waals surface area contributed by atoms with E-state index >= 15 is 0 Å². The number of rotatable bonds is 4. The first-order valence-electron chi connectivity index (χ1n) is 9.08. The van der Waals surface area contributed by atoms with Gasteiger partial charge < -0.3 is 4.74 Å². The van der Waals surface area contributed by atoms with Crippen molar-refractivity contribution in [3.05, 3.63) is 70.9 Å². The molecule has 0 aliphatic carbocycles. The third-order valence-corrected chi connectivity index (χ3v) is 5.38. The van der Waals surface area contributed by atoms with Gasteiger partial charge in [0.2, 0.25) is 5.88 Å². The number of halogens is 2. The predicted octanol–water partition coefficient (Wildman–Crippen LogP) is 5.90. The van der Waals surface area contributed by atoms with Gasteiger partial charge in [-0.1, -0.05) is 35.5 Å². The van der Waals surface area contributed by atoms with Gasteiger partial charge in [0, 0.05) is 4.90 Å². The fourth-order valence-corrected chi connectivity index (χ4v) is 3.62. The minimum Gasteiger partial charge on any atom is -0.403 e. The molecule has 0 saturated heterocycles. The Bertz CT molecular complexity index is 1030. The van der Waals surface area contributed by atoms with E-state index in [2.05, 4.69) is 5.10 Å². The van der Waals surface area contributed by atoms with Gasteiger partial charge in [0.15, 0.2) is 0 Å². The molecule has 0 aliphatic heterocycles. The summed E-state index contributed by atoms with van der Waals surface area (Å²) < 4.78 is 35.2. The van der Waals surface area contributed by atoms with Gasteiger partial charge in [-0.2, -0.15) is 5.10 Å². The summed E-state index contributed by atoms with van der Waals surface area (Å²) in [5.74, 6) is -2.88. The maximum absolute atomic E-state index is 14.1. The summed E-state index contributed by atoms with van der Waals surface area (Å²) >= 11 is 1.38. The lowest BCUT2D eigenvalue weighted by atomic mass is 10.1. The SMILES string of the molecule is Cc1ccc(Sc2c(C)nn(C(C)(C)C)c2OC(=O)c2c(F)cccc2F)cc1. The number of ether oxygens (including phenoxy) is 1. The smallest absolute Gasteiger partial charge is 0.350 e. The number of nitrogens with zero attached hydrogens (tertiary/aromatic N) is 2. The van der Waals surface area contributed by atoms with Crippen LogP contribution >= 0.6 is 11.8 Å². The molecular formula is C22H22F2N2O2S. The van der Waals surface area contributed by atoms with Crippen molar-refractivity contribution in [2.45, 2.75) is 49.9 Å². The standard InChI is InChI=1S/C22H22F2N2O2S/c1-13-9-11-15(12-10-13)29-19-14(2)25-26(22(3,4)5)20(19)28-21(27)18-16(23)7-6-8-17(18)24/h6-12H,1-5H3. The zero-order valence-electron chi connectivity index (χ0n) is 16.9. The molecule has 29 heavy (non-hydrogen) atoms. The Kier molecular flexibility index (Phi) is 5.80. The molecule has 152 valence electrons. The molecule has 0 radical (unpaired) electrons. The average molecular weight is 416 g/mol.